The molecule has 0 saturated heterocycles. The van der Waals surface area contributed by atoms with E-state index in [2.05, 4.69) is 5.16 Å². The smallest absolute Gasteiger partial charge is 0.233 e. The molecule has 0 spiro atoms. The van der Waals surface area contributed by atoms with Crippen LogP contribution in [0.3, 0.4) is 0 Å². The minimum atomic E-state index is -0.263. The molecule has 3 heterocycles. The lowest BCUT2D eigenvalue weighted by Crippen LogP contribution is -2.17. The molecule has 0 aromatic carbocycles. The molecular weight excluding hydrogens is 282 g/mol. The molecule has 0 N–H and O–H groups in total. The number of nitrogens with zero attached hydrogens (tertiary/aromatic N) is 1. The van der Waals surface area contributed by atoms with E-state index in [-0.39, 0.29) is 17.3 Å². The van der Waals surface area contributed by atoms with Crippen LogP contribution in [0.2, 0.25) is 0 Å². The first-order valence-electron chi connectivity index (χ1n) is 5.48. The normalized spacial score (nSPS) is 13.5. The molecule has 0 bridgehead atoms. The van der Waals surface area contributed by atoms with E-state index in [0.29, 0.717) is 21.7 Å². The second-order valence-electron chi connectivity index (χ2n) is 4.03. The van der Waals surface area contributed by atoms with Crippen molar-refractivity contribution >= 4 is 34.2 Å². The third kappa shape index (κ3) is 1.35. The van der Waals surface area contributed by atoms with Crippen molar-refractivity contribution in [2.75, 3.05) is 0 Å². The predicted molar refractivity (Wildman–Crippen MR) is 71.0 cm³/mol. The van der Waals surface area contributed by atoms with Crippen molar-refractivity contribution in [1.29, 1.82) is 0 Å². The fraction of sp³-hybridized carbons (Fsp3) is 0. The lowest BCUT2D eigenvalue weighted by Gasteiger charge is -2.07. The summed E-state index contributed by atoms with van der Waals surface area (Å²) < 4.78 is 5.11. The Labute approximate surface area is 115 Å². The molecule has 1 aliphatic rings. The van der Waals surface area contributed by atoms with Crippen molar-refractivity contribution in [3.63, 3.8) is 0 Å². The maximum atomic E-state index is 12.5. The van der Waals surface area contributed by atoms with Gasteiger partial charge in [0.1, 0.15) is 11.3 Å². The van der Waals surface area contributed by atoms with E-state index in [1.54, 1.807) is 11.4 Å². The summed E-state index contributed by atoms with van der Waals surface area (Å²) in [5.41, 5.74) is 1.17. The lowest BCUT2D eigenvalue weighted by atomic mass is 9.93. The van der Waals surface area contributed by atoms with Crippen LogP contribution in [0.1, 0.15) is 31.4 Å². The Balaban J connectivity index is 2.01. The Kier molecular flexibility index (Phi) is 2.12. The SMILES string of the molecule is O=C1c2ccsc2C(=O)c2c(-c3cccs3)noc21. The van der Waals surface area contributed by atoms with Gasteiger partial charge in [0, 0.05) is 5.56 Å². The van der Waals surface area contributed by atoms with Crippen LogP contribution in [0.5, 0.6) is 0 Å². The molecular formula is C13H5NO3S2. The molecule has 19 heavy (non-hydrogen) atoms. The van der Waals surface area contributed by atoms with Gasteiger partial charge < -0.3 is 4.52 Å². The van der Waals surface area contributed by atoms with Gasteiger partial charge in [-0.15, -0.1) is 22.7 Å². The van der Waals surface area contributed by atoms with Gasteiger partial charge in [-0.25, -0.2) is 0 Å². The predicted octanol–water partition coefficient (Wildman–Crippen LogP) is 3.24. The third-order valence-corrected chi connectivity index (χ3v) is 4.79. The average molecular weight is 287 g/mol. The van der Waals surface area contributed by atoms with E-state index in [1.165, 1.54) is 22.7 Å². The number of ketones is 2. The monoisotopic (exact) mass is 287 g/mol. The van der Waals surface area contributed by atoms with E-state index < -0.39 is 0 Å². The maximum absolute atomic E-state index is 12.5. The van der Waals surface area contributed by atoms with E-state index >= 15 is 0 Å². The van der Waals surface area contributed by atoms with Gasteiger partial charge in [-0.05, 0) is 22.9 Å². The Morgan fingerprint density at radius 3 is 2.74 bits per heavy atom. The lowest BCUT2D eigenvalue weighted by molar-refractivity contribution is 0.0958. The van der Waals surface area contributed by atoms with Crippen LogP contribution in [-0.4, -0.2) is 16.7 Å². The molecule has 0 amide bonds. The van der Waals surface area contributed by atoms with Gasteiger partial charge in [0.05, 0.1) is 9.75 Å². The number of hydrogen-bond acceptors (Lipinski definition) is 6. The number of aromatic nitrogens is 1. The maximum Gasteiger partial charge on any atom is 0.233 e. The van der Waals surface area contributed by atoms with Crippen LogP contribution in [-0.2, 0) is 0 Å². The molecule has 0 unspecified atom stereocenters. The van der Waals surface area contributed by atoms with Gasteiger partial charge >= 0.3 is 0 Å². The molecule has 0 saturated carbocycles. The number of fused-ring (bicyclic) bond motifs is 2. The summed E-state index contributed by atoms with van der Waals surface area (Å²) in [5.74, 6) is -0.385. The fourth-order valence-corrected chi connectivity index (χ4v) is 3.69. The Morgan fingerprint density at radius 1 is 1.05 bits per heavy atom. The zero-order valence-electron chi connectivity index (χ0n) is 9.38. The Bertz CT molecular complexity index is 811. The van der Waals surface area contributed by atoms with Crippen LogP contribution >= 0.6 is 22.7 Å². The van der Waals surface area contributed by atoms with Crippen molar-refractivity contribution in [3.05, 3.63) is 50.7 Å². The van der Waals surface area contributed by atoms with Gasteiger partial charge in [-0.2, -0.15) is 0 Å². The number of rotatable bonds is 1. The largest absolute Gasteiger partial charge is 0.351 e. The average Bonchev–Trinajstić information content (AvgIpc) is 3.12. The van der Waals surface area contributed by atoms with Crippen molar-refractivity contribution in [1.82, 2.24) is 5.16 Å². The van der Waals surface area contributed by atoms with Crippen LogP contribution < -0.4 is 0 Å². The van der Waals surface area contributed by atoms with Gasteiger partial charge in [-0.1, -0.05) is 11.2 Å². The standard InChI is InChI=1S/C13H5NO3S2/c15-10-6-3-5-19-13(6)11(16)8-9(14-17-12(8)10)7-2-1-4-18-7/h1-5H. The van der Waals surface area contributed by atoms with Crippen LogP contribution in [0.4, 0.5) is 0 Å². The van der Waals surface area contributed by atoms with Crippen molar-refractivity contribution in [3.8, 4) is 10.6 Å². The molecule has 6 heteroatoms. The third-order valence-electron chi connectivity index (χ3n) is 3.00. The number of hydrogen-bond donors (Lipinski definition) is 0. The summed E-state index contributed by atoms with van der Waals surface area (Å²) in [7, 11) is 0. The zero-order chi connectivity index (χ0) is 13.0. The molecule has 3 aromatic heterocycles. The molecule has 0 atom stereocenters. The van der Waals surface area contributed by atoms with Gasteiger partial charge in [-0.3, -0.25) is 9.59 Å². The molecule has 0 fully saturated rings. The van der Waals surface area contributed by atoms with Crippen molar-refractivity contribution in [2.45, 2.75) is 0 Å². The van der Waals surface area contributed by atoms with Crippen molar-refractivity contribution < 1.29 is 14.1 Å². The Morgan fingerprint density at radius 2 is 1.95 bits per heavy atom. The second-order valence-corrected chi connectivity index (χ2v) is 5.90. The molecule has 4 rings (SSSR count). The molecule has 4 nitrogen and oxygen atoms in total. The molecule has 1 aliphatic carbocycles. The van der Waals surface area contributed by atoms with Gasteiger partial charge in [0.15, 0.2) is 0 Å². The van der Waals surface area contributed by atoms with E-state index in [1.807, 2.05) is 17.5 Å². The highest BCUT2D eigenvalue weighted by Gasteiger charge is 2.37. The first kappa shape index (κ1) is 10.8. The van der Waals surface area contributed by atoms with Gasteiger partial charge in [0.25, 0.3) is 0 Å². The summed E-state index contributed by atoms with van der Waals surface area (Å²) in [4.78, 5) is 26.0. The van der Waals surface area contributed by atoms with E-state index in [0.717, 1.165) is 4.88 Å². The Hall–Kier alpha value is -2.05. The first-order valence-corrected chi connectivity index (χ1v) is 7.23. The molecule has 92 valence electrons. The minimum Gasteiger partial charge on any atom is -0.351 e. The summed E-state index contributed by atoms with van der Waals surface area (Å²) in [6.07, 6.45) is 0. The first-order chi connectivity index (χ1) is 9.27. The summed E-state index contributed by atoms with van der Waals surface area (Å²) in [6, 6.07) is 5.37. The zero-order valence-corrected chi connectivity index (χ0v) is 11.0. The molecule has 0 aliphatic heterocycles. The fourth-order valence-electron chi connectivity index (χ4n) is 2.14. The number of carbonyl (C=O) groups is 2. The highest BCUT2D eigenvalue weighted by molar-refractivity contribution is 7.14. The molecule has 0 radical (unpaired) electrons. The highest BCUT2D eigenvalue weighted by atomic mass is 32.1. The summed E-state index contributed by atoms with van der Waals surface area (Å²) in [5, 5.41) is 7.53. The van der Waals surface area contributed by atoms with Crippen LogP contribution in [0.15, 0.2) is 33.5 Å². The van der Waals surface area contributed by atoms with Gasteiger partial charge in [0.2, 0.25) is 17.3 Å². The topological polar surface area (TPSA) is 60.2 Å². The second kappa shape index (κ2) is 3.72. The van der Waals surface area contributed by atoms with E-state index in [4.69, 9.17) is 4.52 Å². The van der Waals surface area contributed by atoms with Crippen LogP contribution in [0.25, 0.3) is 10.6 Å². The quantitative estimate of drug-likeness (QED) is 0.539. The number of thiophene rings is 2. The van der Waals surface area contributed by atoms with E-state index in [9.17, 15) is 9.59 Å². The number of carbonyl (C=O) groups excluding carboxylic acids is 2. The minimum absolute atomic E-state index is 0.0549. The summed E-state index contributed by atoms with van der Waals surface area (Å²) >= 11 is 2.73. The summed E-state index contributed by atoms with van der Waals surface area (Å²) in [6.45, 7) is 0. The van der Waals surface area contributed by atoms with Crippen LogP contribution in [0, 0.1) is 0 Å². The highest BCUT2D eigenvalue weighted by Crippen LogP contribution is 2.37. The molecule has 3 aromatic rings. The van der Waals surface area contributed by atoms with Crippen molar-refractivity contribution in [2.24, 2.45) is 0 Å².